The molecule has 0 aliphatic carbocycles. The van der Waals surface area contributed by atoms with Gasteiger partial charge in [-0.1, -0.05) is 0 Å². The predicted molar refractivity (Wildman–Crippen MR) is 83.1 cm³/mol. The van der Waals surface area contributed by atoms with Gasteiger partial charge in [0, 0.05) is 38.1 Å². The molecule has 0 saturated carbocycles. The van der Waals surface area contributed by atoms with E-state index in [1.54, 1.807) is 17.2 Å². The van der Waals surface area contributed by atoms with Crippen LogP contribution in [-0.2, 0) is 4.74 Å². The number of hydrogen-bond donors (Lipinski definition) is 2. The minimum atomic E-state index is -0.841. The number of carbonyl (C=O) groups is 1. The van der Waals surface area contributed by atoms with E-state index in [9.17, 15) is 15.0 Å². The van der Waals surface area contributed by atoms with Gasteiger partial charge >= 0.3 is 0 Å². The summed E-state index contributed by atoms with van der Waals surface area (Å²) < 4.78 is 5.33. The first-order chi connectivity index (χ1) is 11.1. The molecular weight excluding hydrogens is 298 g/mol. The van der Waals surface area contributed by atoms with Crippen LogP contribution in [0.3, 0.4) is 0 Å². The summed E-state index contributed by atoms with van der Waals surface area (Å²) in [4.78, 5) is 20.5. The van der Waals surface area contributed by atoms with Crippen LogP contribution < -0.4 is 0 Å². The molecule has 7 heteroatoms. The van der Waals surface area contributed by atoms with E-state index < -0.39 is 12.2 Å². The predicted octanol–water partition coefficient (Wildman–Crippen LogP) is -0.732. The first-order valence-corrected chi connectivity index (χ1v) is 7.96. The van der Waals surface area contributed by atoms with E-state index in [0.717, 1.165) is 5.69 Å². The second-order valence-corrected chi connectivity index (χ2v) is 6.18. The lowest BCUT2D eigenvalue weighted by molar-refractivity contribution is -0.136. The molecule has 1 amide bonds. The number of amides is 1. The molecule has 3 rings (SSSR count). The second-order valence-electron chi connectivity index (χ2n) is 6.18. The van der Waals surface area contributed by atoms with Crippen molar-refractivity contribution in [3.05, 3.63) is 29.6 Å². The highest BCUT2D eigenvalue weighted by atomic mass is 16.5. The lowest BCUT2D eigenvalue weighted by atomic mass is 10.0. The summed E-state index contributed by atoms with van der Waals surface area (Å²) in [5.41, 5.74) is 1.48. The Kier molecular flexibility index (Phi) is 4.91. The molecule has 2 aliphatic heterocycles. The summed E-state index contributed by atoms with van der Waals surface area (Å²) in [6, 6.07) is 3.42. The normalized spacial score (nSPS) is 29.5. The van der Waals surface area contributed by atoms with Crippen molar-refractivity contribution in [1.29, 1.82) is 0 Å². The average Bonchev–Trinajstić information content (AvgIpc) is 2.58. The monoisotopic (exact) mass is 321 g/mol. The summed E-state index contributed by atoms with van der Waals surface area (Å²) in [7, 11) is 0. The summed E-state index contributed by atoms with van der Waals surface area (Å²) in [6.07, 6.45) is -0.0292. The van der Waals surface area contributed by atoms with Gasteiger partial charge in [0.2, 0.25) is 0 Å². The quantitative estimate of drug-likeness (QED) is 0.747. The fourth-order valence-corrected chi connectivity index (χ4v) is 3.12. The maximum absolute atomic E-state index is 12.5. The van der Waals surface area contributed by atoms with Gasteiger partial charge in [0.25, 0.3) is 5.91 Å². The van der Waals surface area contributed by atoms with E-state index in [2.05, 4.69) is 9.88 Å². The Morgan fingerprint density at radius 2 is 1.96 bits per heavy atom. The first kappa shape index (κ1) is 16.3. The summed E-state index contributed by atoms with van der Waals surface area (Å²) in [6.45, 7) is 4.97. The molecule has 2 fully saturated rings. The first-order valence-electron chi connectivity index (χ1n) is 7.96. The Labute approximate surface area is 135 Å². The molecule has 3 atom stereocenters. The molecule has 2 aliphatic rings. The molecule has 1 aromatic heterocycles. The molecular formula is C16H23N3O4. The van der Waals surface area contributed by atoms with Gasteiger partial charge in [-0.15, -0.1) is 0 Å². The number of aryl methyl sites for hydroxylation is 1. The molecule has 0 spiro atoms. The summed E-state index contributed by atoms with van der Waals surface area (Å²) in [5.74, 6) is -0.0161. The van der Waals surface area contributed by atoms with Crippen molar-refractivity contribution >= 4 is 5.91 Å². The van der Waals surface area contributed by atoms with E-state index in [1.165, 1.54) is 0 Å². The molecule has 0 bridgehead atoms. The van der Waals surface area contributed by atoms with Crippen LogP contribution in [0, 0.1) is 6.92 Å². The number of rotatable bonds is 2. The molecule has 7 nitrogen and oxygen atoms in total. The third-order valence-electron chi connectivity index (χ3n) is 4.59. The van der Waals surface area contributed by atoms with Gasteiger partial charge in [0.05, 0.1) is 30.9 Å². The zero-order valence-corrected chi connectivity index (χ0v) is 13.3. The largest absolute Gasteiger partial charge is 0.389 e. The second kappa shape index (κ2) is 6.92. The van der Waals surface area contributed by atoms with Crippen LogP contribution in [0.1, 0.15) is 16.1 Å². The lowest BCUT2D eigenvalue weighted by Gasteiger charge is -2.43. The number of ether oxygens (including phenoxy) is 1. The molecule has 126 valence electrons. The maximum Gasteiger partial charge on any atom is 0.255 e. The van der Waals surface area contributed by atoms with E-state index in [1.807, 2.05) is 13.0 Å². The van der Waals surface area contributed by atoms with Crippen molar-refractivity contribution < 1.29 is 19.7 Å². The molecule has 3 heterocycles. The Hall–Kier alpha value is -1.54. The molecule has 2 N–H and O–H groups in total. The Balaban J connectivity index is 1.57. The van der Waals surface area contributed by atoms with Crippen LogP contribution in [0.4, 0.5) is 0 Å². The molecule has 0 aromatic carbocycles. The third kappa shape index (κ3) is 3.53. The average molecular weight is 321 g/mol. The van der Waals surface area contributed by atoms with Gasteiger partial charge in [0.15, 0.2) is 0 Å². The van der Waals surface area contributed by atoms with Crippen molar-refractivity contribution in [3.8, 4) is 0 Å². The van der Waals surface area contributed by atoms with Crippen molar-refractivity contribution in [2.45, 2.75) is 25.2 Å². The van der Waals surface area contributed by atoms with E-state index in [4.69, 9.17) is 4.74 Å². The van der Waals surface area contributed by atoms with Crippen molar-refractivity contribution in [2.24, 2.45) is 0 Å². The third-order valence-corrected chi connectivity index (χ3v) is 4.59. The Morgan fingerprint density at radius 3 is 2.61 bits per heavy atom. The lowest BCUT2D eigenvalue weighted by Crippen LogP contribution is -2.60. The van der Waals surface area contributed by atoms with Crippen molar-refractivity contribution in [2.75, 3.05) is 39.4 Å². The van der Waals surface area contributed by atoms with Crippen molar-refractivity contribution in [3.63, 3.8) is 0 Å². The highest BCUT2D eigenvalue weighted by Gasteiger charge is 2.37. The number of carbonyl (C=O) groups excluding carboxylic acids is 1. The van der Waals surface area contributed by atoms with Gasteiger partial charge < -0.3 is 19.8 Å². The van der Waals surface area contributed by atoms with Crippen LogP contribution in [0.25, 0.3) is 0 Å². The number of aromatic nitrogens is 1. The van der Waals surface area contributed by atoms with Gasteiger partial charge in [0.1, 0.15) is 6.10 Å². The highest BCUT2D eigenvalue weighted by molar-refractivity contribution is 5.94. The number of aliphatic hydroxyl groups is 2. The van der Waals surface area contributed by atoms with Crippen LogP contribution in [-0.4, -0.2) is 88.5 Å². The Bertz CT molecular complexity index is 543. The zero-order chi connectivity index (χ0) is 16.4. The van der Waals surface area contributed by atoms with E-state index in [0.29, 0.717) is 38.3 Å². The smallest absolute Gasteiger partial charge is 0.255 e. The molecule has 23 heavy (non-hydrogen) atoms. The van der Waals surface area contributed by atoms with Crippen molar-refractivity contribution in [1.82, 2.24) is 14.8 Å². The molecule has 0 radical (unpaired) electrons. The topological polar surface area (TPSA) is 86.1 Å². The van der Waals surface area contributed by atoms with Crippen LogP contribution in [0.5, 0.6) is 0 Å². The molecule has 1 aromatic rings. The molecule has 2 saturated heterocycles. The summed E-state index contributed by atoms with van der Waals surface area (Å²) >= 11 is 0. The van der Waals surface area contributed by atoms with Crippen LogP contribution in [0.15, 0.2) is 18.3 Å². The summed E-state index contributed by atoms with van der Waals surface area (Å²) in [5, 5.41) is 19.8. The van der Waals surface area contributed by atoms with E-state index in [-0.39, 0.29) is 18.6 Å². The fraction of sp³-hybridized carbons (Fsp3) is 0.625. The van der Waals surface area contributed by atoms with Gasteiger partial charge in [-0.3, -0.25) is 14.7 Å². The fourth-order valence-electron chi connectivity index (χ4n) is 3.12. The number of nitrogens with zero attached hydrogens (tertiary/aromatic N) is 3. The minimum absolute atomic E-state index is 0.0161. The minimum Gasteiger partial charge on any atom is -0.389 e. The zero-order valence-electron chi connectivity index (χ0n) is 13.3. The highest BCUT2D eigenvalue weighted by Crippen LogP contribution is 2.18. The molecule has 0 unspecified atom stereocenters. The van der Waals surface area contributed by atoms with Gasteiger partial charge in [-0.2, -0.15) is 0 Å². The number of piperazine rings is 1. The number of pyridine rings is 1. The van der Waals surface area contributed by atoms with Crippen LogP contribution >= 0.6 is 0 Å². The SMILES string of the molecule is Cc1ccc(C(=O)N2CCN([C@@H]3COC[C@@H](O)[C@H]3O)CC2)cn1. The number of hydrogen-bond acceptors (Lipinski definition) is 6. The Morgan fingerprint density at radius 1 is 1.22 bits per heavy atom. The van der Waals surface area contributed by atoms with Gasteiger partial charge in [-0.05, 0) is 19.1 Å². The van der Waals surface area contributed by atoms with Crippen LogP contribution in [0.2, 0.25) is 0 Å². The van der Waals surface area contributed by atoms with E-state index >= 15 is 0 Å². The number of aliphatic hydroxyl groups excluding tert-OH is 2. The maximum atomic E-state index is 12.5. The standard InChI is InChI=1S/C16H23N3O4/c1-11-2-3-12(8-17-11)16(22)19-6-4-18(5-7-19)13-9-23-10-14(20)15(13)21/h2-3,8,13-15,20-21H,4-7,9-10H2,1H3/t13-,14-,15+/m1/s1. The van der Waals surface area contributed by atoms with Gasteiger partial charge in [-0.25, -0.2) is 0 Å².